The first-order valence-electron chi connectivity index (χ1n) is 5.49. The van der Waals surface area contributed by atoms with E-state index < -0.39 is 17.9 Å². The van der Waals surface area contributed by atoms with Crippen molar-refractivity contribution < 1.29 is 14.7 Å². The van der Waals surface area contributed by atoms with Crippen LogP contribution in [0.2, 0.25) is 0 Å². The van der Waals surface area contributed by atoms with Gasteiger partial charge in [0.2, 0.25) is 0 Å². The summed E-state index contributed by atoms with van der Waals surface area (Å²) in [5.41, 5.74) is 1.24. The lowest BCUT2D eigenvalue weighted by Crippen LogP contribution is -2.41. The van der Waals surface area contributed by atoms with Gasteiger partial charge in [-0.2, -0.15) is 11.8 Å². The van der Waals surface area contributed by atoms with Crippen LogP contribution in [-0.4, -0.2) is 40.0 Å². The molecule has 1 heterocycles. The van der Waals surface area contributed by atoms with Crippen LogP contribution >= 0.6 is 11.8 Å². The zero-order valence-electron chi connectivity index (χ0n) is 10.3. The van der Waals surface area contributed by atoms with E-state index in [0.717, 1.165) is 5.56 Å². The van der Waals surface area contributed by atoms with E-state index in [0.29, 0.717) is 17.7 Å². The number of hydrogen-bond acceptors (Lipinski definition) is 4. The first kappa shape index (κ1) is 14.5. The molecule has 1 aromatic rings. The number of carboxylic acids is 1. The van der Waals surface area contributed by atoms with Gasteiger partial charge in [0, 0.05) is 12.4 Å². The van der Waals surface area contributed by atoms with Gasteiger partial charge in [-0.1, -0.05) is 0 Å². The predicted octanol–water partition coefficient (Wildman–Crippen LogP) is 1.33. The van der Waals surface area contributed by atoms with E-state index in [4.69, 9.17) is 5.11 Å². The number of thioether (sulfide) groups is 1. The second-order valence-corrected chi connectivity index (χ2v) is 4.88. The molecular weight excluding hydrogens is 252 g/mol. The fourth-order valence-electron chi connectivity index (χ4n) is 1.41. The lowest BCUT2D eigenvalue weighted by molar-refractivity contribution is -0.139. The van der Waals surface area contributed by atoms with Crippen LogP contribution in [-0.2, 0) is 4.79 Å². The summed E-state index contributed by atoms with van der Waals surface area (Å²) in [7, 11) is 0. The van der Waals surface area contributed by atoms with Crippen LogP contribution < -0.4 is 5.32 Å². The molecule has 98 valence electrons. The zero-order chi connectivity index (χ0) is 13.5. The molecule has 0 fully saturated rings. The van der Waals surface area contributed by atoms with Crippen LogP contribution in [0.25, 0.3) is 0 Å². The number of rotatable bonds is 6. The lowest BCUT2D eigenvalue weighted by Gasteiger charge is -2.13. The molecule has 0 aliphatic carbocycles. The third-order valence-corrected chi connectivity index (χ3v) is 3.00. The molecule has 0 spiro atoms. The summed E-state index contributed by atoms with van der Waals surface area (Å²) in [6, 6.07) is 0.820. The fourth-order valence-corrected chi connectivity index (χ4v) is 1.89. The van der Waals surface area contributed by atoms with Crippen molar-refractivity contribution in [2.45, 2.75) is 19.4 Å². The van der Waals surface area contributed by atoms with Gasteiger partial charge in [-0.05, 0) is 37.0 Å². The van der Waals surface area contributed by atoms with E-state index >= 15 is 0 Å². The molecule has 5 nitrogen and oxygen atoms in total. The Bertz CT molecular complexity index is 437. The molecule has 2 N–H and O–H groups in total. The van der Waals surface area contributed by atoms with E-state index in [2.05, 4.69) is 10.3 Å². The highest BCUT2D eigenvalue weighted by Gasteiger charge is 2.20. The molecule has 18 heavy (non-hydrogen) atoms. The van der Waals surface area contributed by atoms with Crippen LogP contribution in [0.15, 0.2) is 18.5 Å². The summed E-state index contributed by atoms with van der Waals surface area (Å²) in [4.78, 5) is 26.8. The average molecular weight is 268 g/mol. The summed E-state index contributed by atoms with van der Waals surface area (Å²) in [6.07, 6.45) is 5.36. The van der Waals surface area contributed by atoms with Gasteiger partial charge in [-0.3, -0.25) is 9.78 Å². The van der Waals surface area contributed by atoms with E-state index in [9.17, 15) is 9.59 Å². The number of aliphatic carboxylic acids is 1. The molecule has 0 saturated carbocycles. The van der Waals surface area contributed by atoms with Crippen LogP contribution in [0, 0.1) is 6.92 Å². The Morgan fingerprint density at radius 2 is 2.22 bits per heavy atom. The summed E-state index contributed by atoms with van der Waals surface area (Å²) in [5, 5.41) is 11.5. The molecule has 1 aromatic heterocycles. The Morgan fingerprint density at radius 3 is 2.78 bits per heavy atom. The van der Waals surface area contributed by atoms with E-state index in [1.807, 2.05) is 13.2 Å². The summed E-state index contributed by atoms with van der Waals surface area (Å²) in [5.74, 6) is -0.735. The largest absolute Gasteiger partial charge is 0.480 e. The highest BCUT2D eigenvalue weighted by Crippen LogP contribution is 2.05. The van der Waals surface area contributed by atoms with Crippen molar-refractivity contribution in [3.8, 4) is 0 Å². The second kappa shape index (κ2) is 7.00. The highest BCUT2D eigenvalue weighted by atomic mass is 32.2. The minimum atomic E-state index is -1.02. The third-order valence-electron chi connectivity index (χ3n) is 2.35. The van der Waals surface area contributed by atoms with Gasteiger partial charge in [0.25, 0.3) is 5.91 Å². The smallest absolute Gasteiger partial charge is 0.326 e. The third kappa shape index (κ3) is 4.37. The topological polar surface area (TPSA) is 79.3 Å². The zero-order valence-corrected chi connectivity index (χ0v) is 11.2. The number of nitrogens with one attached hydrogen (secondary N) is 1. The van der Waals surface area contributed by atoms with Crippen LogP contribution in [0.5, 0.6) is 0 Å². The van der Waals surface area contributed by atoms with Crippen molar-refractivity contribution in [1.82, 2.24) is 10.3 Å². The molecule has 0 bridgehead atoms. The molecule has 6 heteroatoms. The molecule has 0 saturated heterocycles. The Kier molecular flexibility index (Phi) is 5.64. The predicted molar refractivity (Wildman–Crippen MR) is 70.9 cm³/mol. The first-order chi connectivity index (χ1) is 8.54. The maximum Gasteiger partial charge on any atom is 0.326 e. The van der Waals surface area contributed by atoms with Gasteiger partial charge in [0.15, 0.2) is 0 Å². The van der Waals surface area contributed by atoms with E-state index in [1.54, 1.807) is 24.0 Å². The maximum absolute atomic E-state index is 11.9. The normalized spacial score (nSPS) is 11.9. The van der Waals surface area contributed by atoms with Gasteiger partial charge in [-0.15, -0.1) is 0 Å². The Hall–Kier alpha value is -1.56. The van der Waals surface area contributed by atoms with Gasteiger partial charge < -0.3 is 10.4 Å². The SMILES string of the molecule is CSCC[C@H](NC(=O)c1cncc(C)c1)C(=O)O. The molecule has 0 aliphatic heterocycles. The van der Waals surface area contributed by atoms with Crippen molar-refractivity contribution in [3.05, 3.63) is 29.6 Å². The molecule has 0 aliphatic rings. The number of carbonyl (C=O) groups is 2. The highest BCUT2D eigenvalue weighted by molar-refractivity contribution is 7.98. The van der Waals surface area contributed by atoms with Crippen molar-refractivity contribution >= 4 is 23.6 Å². The van der Waals surface area contributed by atoms with Crippen molar-refractivity contribution in [3.63, 3.8) is 0 Å². The molecule has 1 atom stereocenters. The second-order valence-electron chi connectivity index (χ2n) is 3.90. The molecule has 1 amide bonds. The number of carbonyl (C=O) groups excluding carboxylic acids is 1. The fraction of sp³-hybridized carbons (Fsp3) is 0.417. The van der Waals surface area contributed by atoms with Crippen molar-refractivity contribution in [1.29, 1.82) is 0 Å². The molecule has 0 radical (unpaired) electrons. The van der Waals surface area contributed by atoms with E-state index in [1.165, 1.54) is 6.20 Å². The number of aryl methyl sites for hydroxylation is 1. The number of carboxylic acid groups (broad SMARTS) is 1. The van der Waals surface area contributed by atoms with Gasteiger partial charge in [0.1, 0.15) is 6.04 Å². The number of hydrogen-bond donors (Lipinski definition) is 2. The molecule has 0 unspecified atom stereocenters. The summed E-state index contributed by atoms with van der Waals surface area (Å²) < 4.78 is 0. The maximum atomic E-state index is 11.9. The minimum absolute atomic E-state index is 0.380. The summed E-state index contributed by atoms with van der Waals surface area (Å²) >= 11 is 1.55. The standard InChI is InChI=1S/C12H16N2O3S/c1-8-5-9(7-13-6-8)11(15)14-10(12(16)17)3-4-18-2/h5-7,10H,3-4H2,1-2H3,(H,14,15)(H,16,17)/t10-/m0/s1. The average Bonchev–Trinajstić information content (AvgIpc) is 2.33. The van der Waals surface area contributed by atoms with Gasteiger partial charge in [-0.25, -0.2) is 4.79 Å². The van der Waals surface area contributed by atoms with Crippen LogP contribution in [0.3, 0.4) is 0 Å². The Balaban J connectivity index is 2.69. The minimum Gasteiger partial charge on any atom is -0.480 e. The number of aromatic nitrogens is 1. The number of amides is 1. The van der Waals surface area contributed by atoms with Gasteiger partial charge >= 0.3 is 5.97 Å². The quantitative estimate of drug-likeness (QED) is 0.813. The Labute approximate surface area is 110 Å². The first-order valence-corrected chi connectivity index (χ1v) is 6.88. The van der Waals surface area contributed by atoms with E-state index in [-0.39, 0.29) is 0 Å². The number of pyridine rings is 1. The molecule has 0 aromatic carbocycles. The lowest BCUT2D eigenvalue weighted by atomic mass is 10.1. The molecular formula is C12H16N2O3S. The molecule has 1 rings (SSSR count). The summed E-state index contributed by atoms with van der Waals surface area (Å²) in [6.45, 7) is 1.83. The van der Waals surface area contributed by atoms with Crippen molar-refractivity contribution in [2.75, 3.05) is 12.0 Å². The van der Waals surface area contributed by atoms with Crippen LogP contribution in [0.4, 0.5) is 0 Å². The monoisotopic (exact) mass is 268 g/mol. The van der Waals surface area contributed by atoms with Crippen LogP contribution in [0.1, 0.15) is 22.3 Å². The number of nitrogens with zero attached hydrogens (tertiary/aromatic N) is 1. The van der Waals surface area contributed by atoms with Crippen molar-refractivity contribution in [2.24, 2.45) is 0 Å². The van der Waals surface area contributed by atoms with Gasteiger partial charge in [0.05, 0.1) is 5.56 Å². The Morgan fingerprint density at radius 1 is 1.50 bits per heavy atom.